The van der Waals surface area contributed by atoms with Gasteiger partial charge < -0.3 is 19.9 Å². The highest BCUT2D eigenvalue weighted by Crippen LogP contribution is 2.50. The molecule has 0 spiro atoms. The van der Waals surface area contributed by atoms with E-state index in [0.29, 0.717) is 31.8 Å². The maximum absolute atomic E-state index is 9.73. The maximum atomic E-state index is 9.73. The minimum atomic E-state index is -0.419. The number of aliphatic hydroxyl groups is 1. The van der Waals surface area contributed by atoms with Crippen LogP contribution in [0.5, 0.6) is 0 Å². The monoisotopic (exact) mass is 273 g/mol. The van der Waals surface area contributed by atoms with E-state index in [9.17, 15) is 5.11 Å². The molecule has 0 aliphatic heterocycles. The first-order valence-electron chi connectivity index (χ1n) is 7.60. The average molecular weight is 273 g/mol. The topological polar surface area (TPSA) is 50.7 Å². The standard InChI is InChI=1S/C15H31NO3/c1-4-5-6-18-7-8-19-12-14(17)11-16-10-13-9-15(13,2)3/h13-14,16-17H,4-12H2,1-3H3. The second kappa shape index (κ2) is 8.90. The Balaban J connectivity index is 1.81. The first kappa shape index (κ1) is 16.9. The summed E-state index contributed by atoms with van der Waals surface area (Å²) < 4.78 is 10.8. The lowest BCUT2D eigenvalue weighted by Gasteiger charge is -2.13. The molecule has 0 aromatic heterocycles. The summed E-state index contributed by atoms with van der Waals surface area (Å²) in [4.78, 5) is 0. The van der Waals surface area contributed by atoms with Crippen LogP contribution in [-0.4, -0.2) is 50.7 Å². The van der Waals surface area contributed by atoms with Gasteiger partial charge in [-0.05, 0) is 30.7 Å². The molecule has 2 N–H and O–H groups in total. The van der Waals surface area contributed by atoms with Crippen molar-refractivity contribution >= 4 is 0 Å². The first-order chi connectivity index (χ1) is 9.06. The first-order valence-corrected chi connectivity index (χ1v) is 7.60. The summed E-state index contributed by atoms with van der Waals surface area (Å²) in [5.74, 6) is 0.771. The van der Waals surface area contributed by atoms with Crippen LogP contribution in [0, 0.1) is 11.3 Å². The second-order valence-corrected chi connectivity index (χ2v) is 6.24. The number of unbranched alkanes of at least 4 members (excludes halogenated alkanes) is 1. The molecule has 114 valence electrons. The minimum Gasteiger partial charge on any atom is -0.389 e. The molecule has 19 heavy (non-hydrogen) atoms. The Bertz CT molecular complexity index is 233. The van der Waals surface area contributed by atoms with Crippen LogP contribution in [0.1, 0.15) is 40.0 Å². The summed E-state index contributed by atoms with van der Waals surface area (Å²) in [6.45, 7) is 10.7. The van der Waals surface area contributed by atoms with Crippen LogP contribution in [0.25, 0.3) is 0 Å². The molecule has 0 aromatic rings. The molecule has 0 bridgehead atoms. The van der Waals surface area contributed by atoms with Gasteiger partial charge in [-0.2, -0.15) is 0 Å². The van der Waals surface area contributed by atoms with Gasteiger partial charge in [0.25, 0.3) is 0 Å². The SMILES string of the molecule is CCCCOCCOCC(O)CNCC1CC1(C)C. The number of aliphatic hydroxyl groups excluding tert-OH is 1. The zero-order chi connectivity index (χ0) is 14.1. The van der Waals surface area contributed by atoms with Gasteiger partial charge in [0.1, 0.15) is 0 Å². The Morgan fingerprint density at radius 1 is 1.26 bits per heavy atom. The highest BCUT2D eigenvalue weighted by molar-refractivity contribution is 4.96. The van der Waals surface area contributed by atoms with Crippen molar-refractivity contribution in [3.63, 3.8) is 0 Å². The molecule has 4 heteroatoms. The van der Waals surface area contributed by atoms with Crippen LogP contribution in [0.3, 0.4) is 0 Å². The Morgan fingerprint density at radius 2 is 1.95 bits per heavy atom. The number of hydrogen-bond donors (Lipinski definition) is 2. The normalized spacial score (nSPS) is 22.4. The van der Waals surface area contributed by atoms with Gasteiger partial charge in [-0.1, -0.05) is 27.2 Å². The lowest BCUT2D eigenvalue weighted by Crippen LogP contribution is -2.32. The van der Waals surface area contributed by atoms with E-state index in [1.807, 2.05) is 0 Å². The Hall–Kier alpha value is -0.160. The third kappa shape index (κ3) is 7.88. The Labute approximate surface area is 117 Å². The van der Waals surface area contributed by atoms with Gasteiger partial charge in [0.15, 0.2) is 0 Å². The Morgan fingerprint density at radius 3 is 2.58 bits per heavy atom. The fourth-order valence-corrected chi connectivity index (χ4v) is 2.09. The van der Waals surface area contributed by atoms with Gasteiger partial charge in [0.2, 0.25) is 0 Å². The fraction of sp³-hybridized carbons (Fsp3) is 1.00. The van der Waals surface area contributed by atoms with Gasteiger partial charge >= 0.3 is 0 Å². The molecule has 1 aliphatic rings. The van der Waals surface area contributed by atoms with Crippen molar-refractivity contribution in [2.75, 3.05) is 39.5 Å². The Kier molecular flexibility index (Phi) is 7.91. The van der Waals surface area contributed by atoms with Gasteiger partial charge in [-0.15, -0.1) is 0 Å². The molecular weight excluding hydrogens is 242 g/mol. The van der Waals surface area contributed by atoms with Crippen LogP contribution in [0.2, 0.25) is 0 Å². The quantitative estimate of drug-likeness (QED) is 0.533. The van der Waals surface area contributed by atoms with E-state index in [4.69, 9.17) is 9.47 Å². The summed E-state index contributed by atoms with van der Waals surface area (Å²) >= 11 is 0. The molecule has 0 radical (unpaired) electrons. The molecule has 1 aliphatic carbocycles. The van der Waals surface area contributed by atoms with E-state index in [1.165, 1.54) is 6.42 Å². The van der Waals surface area contributed by atoms with Crippen LogP contribution >= 0.6 is 0 Å². The molecule has 0 saturated heterocycles. The van der Waals surface area contributed by atoms with E-state index in [2.05, 4.69) is 26.1 Å². The lowest BCUT2D eigenvalue weighted by molar-refractivity contribution is 0.00387. The van der Waals surface area contributed by atoms with Crippen molar-refractivity contribution in [2.24, 2.45) is 11.3 Å². The van der Waals surface area contributed by atoms with E-state index in [1.54, 1.807) is 0 Å². The van der Waals surface area contributed by atoms with Crippen molar-refractivity contribution in [1.82, 2.24) is 5.32 Å². The maximum Gasteiger partial charge on any atom is 0.0897 e. The number of ether oxygens (including phenoxy) is 2. The number of nitrogens with one attached hydrogen (secondary N) is 1. The van der Waals surface area contributed by atoms with Gasteiger partial charge in [0.05, 0.1) is 25.9 Å². The number of hydrogen-bond acceptors (Lipinski definition) is 4. The molecule has 2 unspecified atom stereocenters. The summed E-state index contributed by atoms with van der Waals surface area (Å²) in [7, 11) is 0. The smallest absolute Gasteiger partial charge is 0.0897 e. The van der Waals surface area contributed by atoms with E-state index >= 15 is 0 Å². The molecule has 1 fully saturated rings. The van der Waals surface area contributed by atoms with Crippen molar-refractivity contribution < 1.29 is 14.6 Å². The lowest BCUT2D eigenvalue weighted by atomic mass is 10.1. The molecular formula is C15H31NO3. The van der Waals surface area contributed by atoms with Crippen molar-refractivity contribution in [1.29, 1.82) is 0 Å². The fourth-order valence-electron chi connectivity index (χ4n) is 2.09. The zero-order valence-electron chi connectivity index (χ0n) is 12.8. The van der Waals surface area contributed by atoms with Crippen LogP contribution in [-0.2, 0) is 9.47 Å². The van der Waals surface area contributed by atoms with Crippen LogP contribution in [0.4, 0.5) is 0 Å². The molecule has 4 nitrogen and oxygen atoms in total. The average Bonchev–Trinajstić information content (AvgIpc) is 2.96. The third-order valence-electron chi connectivity index (χ3n) is 3.81. The molecule has 0 heterocycles. The largest absolute Gasteiger partial charge is 0.389 e. The van der Waals surface area contributed by atoms with Crippen LogP contribution < -0.4 is 5.32 Å². The second-order valence-electron chi connectivity index (χ2n) is 6.24. The molecule has 0 amide bonds. The summed E-state index contributed by atoms with van der Waals surface area (Å²) in [6, 6.07) is 0. The van der Waals surface area contributed by atoms with Crippen molar-refractivity contribution in [3.8, 4) is 0 Å². The van der Waals surface area contributed by atoms with E-state index in [0.717, 1.165) is 31.9 Å². The van der Waals surface area contributed by atoms with Gasteiger partial charge in [0, 0.05) is 13.2 Å². The predicted molar refractivity (Wildman–Crippen MR) is 77.3 cm³/mol. The molecule has 2 atom stereocenters. The third-order valence-corrected chi connectivity index (χ3v) is 3.81. The van der Waals surface area contributed by atoms with E-state index in [-0.39, 0.29) is 0 Å². The van der Waals surface area contributed by atoms with E-state index < -0.39 is 6.10 Å². The molecule has 1 rings (SSSR count). The predicted octanol–water partition coefficient (Wildman–Crippen LogP) is 1.82. The van der Waals surface area contributed by atoms with Gasteiger partial charge in [-0.3, -0.25) is 0 Å². The highest BCUT2D eigenvalue weighted by Gasteiger charge is 2.44. The summed E-state index contributed by atoms with van der Waals surface area (Å²) in [5, 5.41) is 13.0. The van der Waals surface area contributed by atoms with Crippen molar-refractivity contribution in [3.05, 3.63) is 0 Å². The molecule has 0 aromatic carbocycles. The minimum absolute atomic E-state index is 0.387. The summed E-state index contributed by atoms with van der Waals surface area (Å²) in [6.07, 6.45) is 3.13. The molecule has 1 saturated carbocycles. The van der Waals surface area contributed by atoms with Crippen LogP contribution in [0.15, 0.2) is 0 Å². The number of rotatable bonds is 12. The zero-order valence-corrected chi connectivity index (χ0v) is 12.8. The highest BCUT2D eigenvalue weighted by atomic mass is 16.5. The van der Waals surface area contributed by atoms with Crippen molar-refractivity contribution in [2.45, 2.75) is 46.1 Å². The summed E-state index contributed by atoms with van der Waals surface area (Å²) in [5.41, 5.74) is 0.504. The van der Waals surface area contributed by atoms with Gasteiger partial charge in [-0.25, -0.2) is 0 Å².